The van der Waals surface area contributed by atoms with E-state index in [0.29, 0.717) is 17.5 Å². The van der Waals surface area contributed by atoms with Gasteiger partial charge in [-0.1, -0.05) is 43.7 Å². The molecule has 0 spiro atoms. The van der Waals surface area contributed by atoms with Crippen LogP contribution in [-0.2, 0) is 9.09 Å². The predicted molar refractivity (Wildman–Crippen MR) is 100 cm³/mol. The fourth-order valence-corrected chi connectivity index (χ4v) is 4.51. The maximum Gasteiger partial charge on any atom is 0.264 e. The number of aliphatic hydroxyl groups excluding tert-OH is 1. The van der Waals surface area contributed by atoms with Crippen molar-refractivity contribution in [3.8, 4) is 0 Å². The summed E-state index contributed by atoms with van der Waals surface area (Å²) < 4.78 is 19.3. The Hall–Kier alpha value is -1.61. The fourth-order valence-electron chi connectivity index (χ4n) is 2.41. The Labute approximate surface area is 144 Å². The summed E-state index contributed by atoms with van der Waals surface area (Å²) in [7, 11) is 0.472. The molecule has 0 aromatic heterocycles. The van der Waals surface area contributed by atoms with Gasteiger partial charge in [0, 0.05) is 25.1 Å². The van der Waals surface area contributed by atoms with Crippen LogP contribution in [0.1, 0.15) is 31.2 Å². The van der Waals surface area contributed by atoms with Gasteiger partial charge < -0.3 is 14.5 Å². The summed E-state index contributed by atoms with van der Waals surface area (Å²) in [5, 5.41) is 11.3. The third-order valence-corrected chi connectivity index (χ3v) is 6.45. The summed E-state index contributed by atoms with van der Waals surface area (Å²) in [5.74, 6) is -1.17. The van der Waals surface area contributed by atoms with Crippen LogP contribution in [0.4, 0.5) is 5.69 Å². The van der Waals surface area contributed by atoms with E-state index in [2.05, 4.69) is 0 Å². The van der Waals surface area contributed by atoms with Gasteiger partial charge in [-0.05, 0) is 36.2 Å². The van der Waals surface area contributed by atoms with E-state index in [4.69, 9.17) is 4.52 Å². The lowest BCUT2D eigenvalue weighted by atomic mass is 10.2. The quantitative estimate of drug-likeness (QED) is 0.575. The Bertz CT molecular complexity index is 671. The van der Waals surface area contributed by atoms with E-state index in [-0.39, 0.29) is 0 Å². The maximum absolute atomic E-state index is 13.6. The van der Waals surface area contributed by atoms with E-state index in [1.165, 1.54) is 0 Å². The zero-order valence-corrected chi connectivity index (χ0v) is 15.4. The van der Waals surface area contributed by atoms with Gasteiger partial charge in [0.1, 0.15) is 0 Å². The van der Waals surface area contributed by atoms with Crippen molar-refractivity contribution in [3.63, 3.8) is 0 Å². The molecule has 1 N–H and O–H groups in total. The van der Waals surface area contributed by atoms with E-state index in [1.54, 1.807) is 24.3 Å². The number of unbranched alkanes of at least 4 members (excludes halogenated alkanes) is 1. The zero-order valence-electron chi connectivity index (χ0n) is 14.6. The molecule has 0 unspecified atom stereocenters. The summed E-state index contributed by atoms with van der Waals surface area (Å²) in [6.45, 7) is 2.42. The fraction of sp³-hybridized carbons (Fsp3) is 0.368. The highest BCUT2D eigenvalue weighted by Crippen LogP contribution is 2.57. The highest BCUT2D eigenvalue weighted by molar-refractivity contribution is 7.67. The van der Waals surface area contributed by atoms with Crippen LogP contribution in [0.3, 0.4) is 0 Å². The Kier molecular flexibility index (Phi) is 6.61. The first-order valence-corrected chi connectivity index (χ1v) is 9.93. The van der Waals surface area contributed by atoms with Gasteiger partial charge in [0.2, 0.25) is 0 Å². The molecule has 2 aromatic carbocycles. The number of aliphatic hydroxyl groups is 1. The number of hydrogen-bond acceptors (Lipinski definition) is 4. The monoisotopic (exact) mass is 347 g/mol. The predicted octanol–water partition coefficient (Wildman–Crippen LogP) is 4.16. The van der Waals surface area contributed by atoms with Gasteiger partial charge in [-0.2, -0.15) is 0 Å². The molecule has 24 heavy (non-hydrogen) atoms. The van der Waals surface area contributed by atoms with Gasteiger partial charge >= 0.3 is 0 Å². The van der Waals surface area contributed by atoms with Crippen molar-refractivity contribution < 1.29 is 14.2 Å². The van der Waals surface area contributed by atoms with Gasteiger partial charge in [0.15, 0.2) is 5.85 Å². The minimum atomic E-state index is -3.43. The van der Waals surface area contributed by atoms with Crippen LogP contribution in [0.5, 0.6) is 0 Å². The van der Waals surface area contributed by atoms with Gasteiger partial charge in [0.05, 0.1) is 6.61 Å². The molecule has 0 saturated heterocycles. The average Bonchev–Trinajstić information content (AvgIpc) is 2.62. The molecule has 0 aliphatic rings. The van der Waals surface area contributed by atoms with E-state index >= 15 is 0 Å². The summed E-state index contributed by atoms with van der Waals surface area (Å²) >= 11 is 0. The first-order chi connectivity index (χ1) is 11.5. The topological polar surface area (TPSA) is 49.8 Å². The summed E-state index contributed by atoms with van der Waals surface area (Å²) in [6.07, 6.45) is 1.75. The van der Waals surface area contributed by atoms with Crippen LogP contribution in [0.15, 0.2) is 54.6 Å². The van der Waals surface area contributed by atoms with Gasteiger partial charge in [-0.15, -0.1) is 0 Å². The second kappa shape index (κ2) is 8.48. The Morgan fingerprint density at radius 2 is 1.71 bits per heavy atom. The normalized spacial score (nSPS) is 14.8. The Balaban J connectivity index is 2.37. The molecular weight excluding hydrogens is 321 g/mol. The molecule has 0 amide bonds. The van der Waals surface area contributed by atoms with Gasteiger partial charge in [0.25, 0.3) is 7.37 Å². The third kappa shape index (κ3) is 4.27. The molecule has 2 aromatic rings. The Morgan fingerprint density at radius 1 is 1.08 bits per heavy atom. The highest BCUT2D eigenvalue weighted by Gasteiger charge is 2.36. The molecule has 130 valence electrons. The third-order valence-electron chi connectivity index (χ3n) is 3.93. The lowest BCUT2D eigenvalue weighted by Crippen LogP contribution is -2.16. The highest BCUT2D eigenvalue weighted by atomic mass is 31.2. The number of benzene rings is 2. The molecule has 2 rings (SSSR count). The average molecular weight is 347 g/mol. The molecular formula is C19H26NO3P. The van der Waals surface area contributed by atoms with E-state index in [9.17, 15) is 9.67 Å². The van der Waals surface area contributed by atoms with Crippen molar-refractivity contribution in [3.05, 3.63) is 60.2 Å². The minimum absolute atomic E-state index is 0.368. The number of nitrogens with zero attached hydrogens (tertiary/aromatic N) is 1. The number of anilines is 1. The van der Waals surface area contributed by atoms with Crippen molar-refractivity contribution in [1.29, 1.82) is 0 Å². The van der Waals surface area contributed by atoms with Crippen LogP contribution < -0.4 is 10.2 Å². The van der Waals surface area contributed by atoms with Crippen LogP contribution in [0.2, 0.25) is 0 Å². The molecule has 4 nitrogen and oxygen atoms in total. The SMILES string of the molecule is CCCCO[P@](=O)(c1ccc(N(C)C)cc1)[C@@H](O)c1ccccc1. The largest absolute Gasteiger partial charge is 0.378 e. The maximum atomic E-state index is 13.6. The van der Waals surface area contributed by atoms with Crippen LogP contribution in [-0.4, -0.2) is 25.8 Å². The molecule has 0 radical (unpaired) electrons. The second-order valence-corrected chi connectivity index (χ2v) is 8.44. The van der Waals surface area contributed by atoms with Crippen molar-refractivity contribution in [2.45, 2.75) is 25.6 Å². The van der Waals surface area contributed by atoms with Crippen molar-refractivity contribution in [1.82, 2.24) is 0 Å². The number of hydrogen-bond donors (Lipinski definition) is 1. The standard InChI is InChI=1S/C19H26NO3P/c1-4-5-15-23-24(22,19(21)16-9-7-6-8-10-16)18-13-11-17(12-14-18)20(2)3/h6-14,19,21H,4-5,15H2,1-3H3/t19-,24-/m1/s1. The van der Waals surface area contributed by atoms with Crippen LogP contribution >= 0.6 is 7.37 Å². The van der Waals surface area contributed by atoms with E-state index < -0.39 is 13.2 Å². The lowest BCUT2D eigenvalue weighted by molar-refractivity contribution is 0.213. The molecule has 2 atom stereocenters. The van der Waals surface area contributed by atoms with Crippen LogP contribution in [0, 0.1) is 0 Å². The van der Waals surface area contributed by atoms with E-state index in [1.807, 2.05) is 56.3 Å². The molecule has 0 bridgehead atoms. The van der Waals surface area contributed by atoms with Crippen molar-refractivity contribution in [2.75, 3.05) is 25.6 Å². The smallest absolute Gasteiger partial charge is 0.264 e. The summed E-state index contributed by atoms with van der Waals surface area (Å²) in [4.78, 5) is 1.97. The molecule has 0 fully saturated rings. The molecule has 0 saturated carbocycles. The van der Waals surface area contributed by atoms with Crippen molar-refractivity contribution in [2.24, 2.45) is 0 Å². The van der Waals surface area contributed by atoms with Crippen molar-refractivity contribution >= 4 is 18.4 Å². The van der Waals surface area contributed by atoms with Gasteiger partial charge in [-0.25, -0.2) is 0 Å². The minimum Gasteiger partial charge on any atom is -0.378 e. The second-order valence-electron chi connectivity index (χ2n) is 5.98. The molecule has 0 aliphatic carbocycles. The molecule has 0 aliphatic heterocycles. The number of rotatable bonds is 8. The zero-order chi connectivity index (χ0) is 17.6. The molecule has 5 heteroatoms. The summed E-state index contributed by atoms with van der Waals surface area (Å²) in [5.41, 5.74) is 1.61. The van der Waals surface area contributed by atoms with Gasteiger partial charge in [-0.3, -0.25) is 4.57 Å². The first-order valence-electron chi connectivity index (χ1n) is 8.24. The lowest BCUT2D eigenvalue weighted by Gasteiger charge is -2.25. The van der Waals surface area contributed by atoms with Crippen LogP contribution in [0.25, 0.3) is 0 Å². The first kappa shape index (κ1) is 18.7. The Morgan fingerprint density at radius 3 is 2.25 bits per heavy atom. The van der Waals surface area contributed by atoms with E-state index in [0.717, 1.165) is 18.5 Å². The molecule has 0 heterocycles. The summed E-state index contributed by atoms with van der Waals surface area (Å²) in [6, 6.07) is 16.4.